The van der Waals surface area contributed by atoms with Crippen molar-refractivity contribution in [2.24, 2.45) is 0 Å². The van der Waals surface area contributed by atoms with E-state index < -0.39 is 0 Å². The Balaban J connectivity index is 1.76. The topological polar surface area (TPSA) is 26.3 Å². The van der Waals surface area contributed by atoms with Crippen LogP contribution in [0.2, 0.25) is 0 Å². The van der Waals surface area contributed by atoms with Gasteiger partial charge < -0.3 is 4.74 Å². The normalized spacial score (nSPS) is 16.9. The summed E-state index contributed by atoms with van der Waals surface area (Å²) in [5.41, 5.74) is 5.67. The van der Waals surface area contributed by atoms with E-state index in [1.165, 1.54) is 40.9 Å². The van der Waals surface area contributed by atoms with E-state index in [1.807, 2.05) is 43.0 Å². The molecule has 0 aromatic heterocycles. The smallest absolute Gasteiger partial charge is 0.338 e. The second-order valence-electron chi connectivity index (χ2n) is 6.68. The van der Waals surface area contributed by atoms with Crippen LogP contribution in [0.1, 0.15) is 60.7 Å². The minimum Gasteiger partial charge on any atom is -0.462 e. The standard InChI is InChI=1S/C23H26O2S/c1-4-21-12-10-20-15-19(11-13-22(20)26-21)16(3)14-17-6-8-18(9-7-17)23(24)25-5-2/h6-9,11,13-15,21H,4-5,10,12H2,1-3H3/b16-14+. The number of hydrogen-bond donors (Lipinski definition) is 0. The Morgan fingerprint density at radius 2 is 1.88 bits per heavy atom. The Bertz CT molecular complexity index is 805. The number of ether oxygens (including phenoxy) is 1. The Morgan fingerprint density at radius 1 is 1.15 bits per heavy atom. The van der Waals surface area contributed by atoms with Gasteiger partial charge in [0.05, 0.1) is 12.2 Å². The SMILES string of the molecule is CCOC(=O)c1ccc(/C=C(\C)c2ccc3c(c2)CCC(CC)S3)cc1. The fourth-order valence-electron chi connectivity index (χ4n) is 3.24. The Morgan fingerprint density at radius 3 is 2.58 bits per heavy atom. The summed E-state index contributed by atoms with van der Waals surface area (Å²) in [6, 6.07) is 14.4. The van der Waals surface area contributed by atoms with Gasteiger partial charge in [0.2, 0.25) is 0 Å². The van der Waals surface area contributed by atoms with Crippen molar-refractivity contribution in [2.45, 2.75) is 50.2 Å². The van der Waals surface area contributed by atoms with Crippen LogP contribution < -0.4 is 0 Å². The fourth-order valence-corrected chi connectivity index (χ4v) is 4.46. The third kappa shape index (κ3) is 4.39. The molecule has 0 bridgehead atoms. The van der Waals surface area contributed by atoms with E-state index in [-0.39, 0.29) is 5.97 Å². The molecule has 0 saturated heterocycles. The van der Waals surface area contributed by atoms with Gasteiger partial charge in [-0.3, -0.25) is 0 Å². The van der Waals surface area contributed by atoms with Crippen molar-refractivity contribution in [3.05, 3.63) is 64.7 Å². The molecule has 2 nitrogen and oxygen atoms in total. The van der Waals surface area contributed by atoms with Crippen molar-refractivity contribution >= 4 is 29.4 Å². The van der Waals surface area contributed by atoms with Gasteiger partial charge >= 0.3 is 5.97 Å². The molecule has 0 saturated carbocycles. The van der Waals surface area contributed by atoms with Crippen molar-refractivity contribution in [1.82, 2.24) is 0 Å². The zero-order chi connectivity index (χ0) is 18.5. The molecule has 0 amide bonds. The maximum absolute atomic E-state index is 11.7. The summed E-state index contributed by atoms with van der Waals surface area (Å²) in [6.45, 7) is 6.63. The van der Waals surface area contributed by atoms with Gasteiger partial charge in [-0.15, -0.1) is 11.8 Å². The van der Waals surface area contributed by atoms with Crippen LogP contribution in [-0.4, -0.2) is 17.8 Å². The molecule has 1 heterocycles. The minimum absolute atomic E-state index is 0.266. The van der Waals surface area contributed by atoms with E-state index in [0.29, 0.717) is 12.2 Å². The van der Waals surface area contributed by atoms with Crippen LogP contribution in [0.25, 0.3) is 11.6 Å². The lowest BCUT2D eigenvalue weighted by molar-refractivity contribution is 0.0526. The molecule has 3 rings (SSSR count). The number of hydrogen-bond acceptors (Lipinski definition) is 3. The first-order chi connectivity index (χ1) is 12.6. The average molecular weight is 367 g/mol. The second kappa shape index (κ2) is 8.59. The molecule has 0 radical (unpaired) electrons. The third-order valence-corrected chi connectivity index (χ3v) is 6.36. The monoisotopic (exact) mass is 366 g/mol. The van der Waals surface area contributed by atoms with Crippen molar-refractivity contribution < 1.29 is 9.53 Å². The van der Waals surface area contributed by atoms with Gasteiger partial charge in [0.1, 0.15) is 0 Å². The van der Waals surface area contributed by atoms with Crippen molar-refractivity contribution in [3.63, 3.8) is 0 Å². The minimum atomic E-state index is -0.266. The number of carbonyl (C=O) groups is 1. The van der Waals surface area contributed by atoms with E-state index in [1.54, 1.807) is 0 Å². The first kappa shape index (κ1) is 18.8. The zero-order valence-corrected chi connectivity index (χ0v) is 16.6. The first-order valence-electron chi connectivity index (χ1n) is 9.36. The summed E-state index contributed by atoms with van der Waals surface area (Å²) in [4.78, 5) is 13.2. The van der Waals surface area contributed by atoms with Crippen LogP contribution in [0.3, 0.4) is 0 Å². The highest BCUT2D eigenvalue weighted by Gasteiger charge is 2.18. The average Bonchev–Trinajstić information content (AvgIpc) is 2.67. The van der Waals surface area contributed by atoms with Gasteiger partial charge in [-0.05, 0) is 73.6 Å². The zero-order valence-electron chi connectivity index (χ0n) is 15.7. The maximum atomic E-state index is 11.7. The number of aryl methyl sites for hydroxylation is 1. The molecule has 0 fully saturated rings. The van der Waals surface area contributed by atoms with E-state index >= 15 is 0 Å². The summed E-state index contributed by atoms with van der Waals surface area (Å²) in [5.74, 6) is -0.266. The quantitative estimate of drug-likeness (QED) is 0.463. The van der Waals surface area contributed by atoms with Gasteiger partial charge in [0, 0.05) is 10.1 Å². The van der Waals surface area contributed by atoms with Crippen molar-refractivity contribution in [1.29, 1.82) is 0 Å². The molecule has 0 spiro atoms. The summed E-state index contributed by atoms with van der Waals surface area (Å²) in [5, 5.41) is 0.767. The highest BCUT2D eigenvalue weighted by Crippen LogP contribution is 2.38. The summed E-state index contributed by atoms with van der Waals surface area (Å²) >= 11 is 2.03. The van der Waals surface area contributed by atoms with Crippen LogP contribution in [0.4, 0.5) is 0 Å². The molecule has 1 aliphatic heterocycles. The van der Waals surface area contributed by atoms with Crippen molar-refractivity contribution in [3.8, 4) is 0 Å². The lowest BCUT2D eigenvalue weighted by atomic mass is 9.98. The highest BCUT2D eigenvalue weighted by atomic mass is 32.2. The van der Waals surface area contributed by atoms with E-state index in [4.69, 9.17) is 4.74 Å². The molecule has 2 aromatic carbocycles. The third-order valence-electron chi connectivity index (χ3n) is 4.81. The van der Waals surface area contributed by atoms with Gasteiger partial charge in [0.15, 0.2) is 0 Å². The molecule has 1 atom stereocenters. The van der Waals surface area contributed by atoms with Crippen molar-refractivity contribution in [2.75, 3.05) is 6.61 Å². The van der Waals surface area contributed by atoms with Gasteiger partial charge in [-0.1, -0.05) is 37.3 Å². The second-order valence-corrected chi connectivity index (χ2v) is 8.02. The fraction of sp³-hybridized carbons (Fsp3) is 0.348. The highest BCUT2D eigenvalue weighted by molar-refractivity contribution is 8.00. The largest absolute Gasteiger partial charge is 0.462 e. The molecule has 2 aromatic rings. The molecule has 0 N–H and O–H groups in total. The van der Waals surface area contributed by atoms with E-state index in [2.05, 4.69) is 38.1 Å². The summed E-state index contributed by atoms with van der Waals surface area (Å²) in [6.07, 6.45) is 5.86. The Labute approximate surface area is 160 Å². The number of allylic oxidation sites excluding steroid dienone is 1. The number of benzene rings is 2. The van der Waals surface area contributed by atoms with Crippen LogP contribution in [0.15, 0.2) is 47.4 Å². The number of fused-ring (bicyclic) bond motifs is 1. The lowest BCUT2D eigenvalue weighted by Crippen LogP contribution is -2.09. The van der Waals surface area contributed by atoms with Crippen LogP contribution >= 0.6 is 11.8 Å². The number of thioether (sulfide) groups is 1. The maximum Gasteiger partial charge on any atom is 0.338 e. The molecule has 136 valence electrons. The molecule has 1 unspecified atom stereocenters. The summed E-state index contributed by atoms with van der Waals surface area (Å²) < 4.78 is 5.03. The van der Waals surface area contributed by atoms with Crippen LogP contribution in [0, 0.1) is 0 Å². The Hall–Kier alpha value is -2.00. The van der Waals surface area contributed by atoms with Crippen LogP contribution in [-0.2, 0) is 11.2 Å². The lowest BCUT2D eigenvalue weighted by Gasteiger charge is -2.23. The predicted molar refractivity (Wildman–Crippen MR) is 111 cm³/mol. The van der Waals surface area contributed by atoms with Crippen LogP contribution in [0.5, 0.6) is 0 Å². The first-order valence-corrected chi connectivity index (χ1v) is 10.2. The summed E-state index contributed by atoms with van der Waals surface area (Å²) in [7, 11) is 0. The number of carbonyl (C=O) groups excluding carboxylic acids is 1. The molecule has 0 aliphatic carbocycles. The molecular weight excluding hydrogens is 340 g/mol. The number of rotatable bonds is 5. The molecule has 3 heteroatoms. The van der Waals surface area contributed by atoms with Gasteiger partial charge in [-0.25, -0.2) is 4.79 Å². The molecular formula is C23H26O2S. The van der Waals surface area contributed by atoms with Gasteiger partial charge in [-0.2, -0.15) is 0 Å². The number of esters is 1. The molecule has 26 heavy (non-hydrogen) atoms. The molecule has 1 aliphatic rings. The van der Waals surface area contributed by atoms with Gasteiger partial charge in [0.25, 0.3) is 0 Å². The van der Waals surface area contributed by atoms with E-state index in [0.717, 1.165) is 10.8 Å². The predicted octanol–water partition coefficient (Wildman–Crippen LogP) is 6.24. The Kier molecular flexibility index (Phi) is 6.20. The van der Waals surface area contributed by atoms with E-state index in [9.17, 15) is 4.79 Å².